The number of non-ortho nitro benzene ring substituents is 1. The van der Waals surface area contributed by atoms with Crippen LogP contribution in [0.3, 0.4) is 0 Å². The molecule has 0 saturated carbocycles. The van der Waals surface area contributed by atoms with E-state index in [1.807, 2.05) is 12.1 Å². The van der Waals surface area contributed by atoms with E-state index in [0.717, 1.165) is 31.2 Å². The fraction of sp³-hybridized carbons (Fsp3) is 0.400. The molecule has 1 aliphatic rings. The zero-order valence-electron chi connectivity index (χ0n) is 16.4. The van der Waals surface area contributed by atoms with Gasteiger partial charge in [0.15, 0.2) is 0 Å². The highest BCUT2D eigenvalue weighted by Crippen LogP contribution is 2.63. The lowest BCUT2D eigenvalue weighted by atomic mass is 10.2. The van der Waals surface area contributed by atoms with E-state index < -0.39 is 12.1 Å². The molecule has 148 valence electrons. The highest BCUT2D eigenvalue weighted by Gasteiger charge is 2.42. The number of carbonyl (C=O) groups is 1. The van der Waals surface area contributed by atoms with E-state index in [1.54, 1.807) is 12.4 Å². The summed E-state index contributed by atoms with van der Waals surface area (Å²) in [6.07, 6.45) is 5.67. The van der Waals surface area contributed by atoms with Gasteiger partial charge in [-0.15, -0.1) is 0 Å². The minimum absolute atomic E-state index is 0.0397. The molecule has 0 aliphatic carbocycles. The molecule has 1 saturated heterocycles. The van der Waals surface area contributed by atoms with Crippen molar-refractivity contribution in [2.75, 3.05) is 13.1 Å². The van der Waals surface area contributed by atoms with Gasteiger partial charge in [0, 0.05) is 53.6 Å². The zero-order chi connectivity index (χ0) is 20.4. The van der Waals surface area contributed by atoms with Crippen molar-refractivity contribution < 1.29 is 9.72 Å². The number of nitro benzene ring substituents is 1. The predicted molar refractivity (Wildman–Crippen MR) is 111 cm³/mol. The summed E-state index contributed by atoms with van der Waals surface area (Å²) >= 11 is 0. The molecule has 7 nitrogen and oxygen atoms in total. The second-order valence-corrected chi connectivity index (χ2v) is 11.7. The molecule has 0 bridgehead atoms. The molecular formula is C20H25N4O3P. The average molecular weight is 400 g/mol. The minimum Gasteiger partial charge on any atom is -0.267 e. The number of amides is 1. The van der Waals surface area contributed by atoms with Crippen LogP contribution < -0.4 is 5.30 Å². The van der Waals surface area contributed by atoms with Gasteiger partial charge in [-0.1, -0.05) is 20.8 Å². The van der Waals surface area contributed by atoms with Gasteiger partial charge in [-0.2, -0.15) is 0 Å². The molecule has 0 N–H and O–H groups in total. The average Bonchev–Trinajstić information content (AvgIpc) is 3.20. The second-order valence-electron chi connectivity index (χ2n) is 7.85. The Morgan fingerprint density at radius 2 is 1.68 bits per heavy atom. The van der Waals surface area contributed by atoms with E-state index in [1.165, 1.54) is 24.3 Å². The summed E-state index contributed by atoms with van der Waals surface area (Å²) in [5, 5.41) is 11.7. The molecule has 8 heteroatoms. The molecule has 3 rings (SSSR count). The first kappa shape index (κ1) is 20.4. The number of pyridine rings is 1. The molecule has 1 aromatic heterocycles. The van der Waals surface area contributed by atoms with E-state index in [0.29, 0.717) is 5.56 Å². The third-order valence-corrected chi connectivity index (χ3v) is 9.59. The maximum absolute atomic E-state index is 13.2. The highest BCUT2D eigenvalue weighted by atomic mass is 31.2. The third kappa shape index (κ3) is 3.77. The van der Waals surface area contributed by atoms with E-state index in [2.05, 4.69) is 30.4 Å². The van der Waals surface area contributed by atoms with Crippen LogP contribution in [0.15, 0.2) is 53.5 Å². The van der Waals surface area contributed by atoms with Crippen molar-refractivity contribution in [2.45, 2.75) is 38.8 Å². The maximum atomic E-state index is 13.2. The largest absolute Gasteiger partial charge is 0.277 e. The molecule has 1 aliphatic heterocycles. The van der Waals surface area contributed by atoms with Crippen molar-refractivity contribution in [1.82, 2.24) is 9.65 Å². The maximum Gasteiger partial charge on any atom is 0.277 e. The Bertz CT molecular complexity index is 915. The monoisotopic (exact) mass is 400 g/mol. The van der Waals surface area contributed by atoms with E-state index in [4.69, 9.17) is 4.74 Å². The molecule has 1 aromatic carbocycles. The SMILES string of the molecule is CC(C)(C)[P@](=NC(=O)c1ccc([N+](=O)[O-])cc1)(c1ccncc1)N1CCCC1. The second kappa shape index (κ2) is 7.94. The van der Waals surface area contributed by atoms with Crippen molar-refractivity contribution in [2.24, 2.45) is 4.74 Å². The smallest absolute Gasteiger partial charge is 0.267 e. The number of carbonyl (C=O) groups excluding carboxylic acids is 1. The lowest BCUT2D eigenvalue weighted by Gasteiger charge is -2.43. The summed E-state index contributed by atoms with van der Waals surface area (Å²) < 4.78 is 7.26. The zero-order valence-corrected chi connectivity index (χ0v) is 17.3. The highest BCUT2D eigenvalue weighted by molar-refractivity contribution is 7.73. The Morgan fingerprint density at radius 1 is 1.11 bits per heavy atom. The first-order chi connectivity index (χ1) is 13.3. The topological polar surface area (TPSA) is 88.7 Å². The van der Waals surface area contributed by atoms with Crippen LogP contribution in [0.2, 0.25) is 0 Å². The molecule has 1 amide bonds. The van der Waals surface area contributed by atoms with Gasteiger partial charge in [0.25, 0.3) is 11.6 Å². The molecule has 0 unspecified atom stereocenters. The molecule has 1 atom stereocenters. The Labute approximate surface area is 165 Å². The lowest BCUT2D eigenvalue weighted by molar-refractivity contribution is -0.384. The molecule has 0 radical (unpaired) electrons. The van der Waals surface area contributed by atoms with E-state index >= 15 is 0 Å². The van der Waals surface area contributed by atoms with Crippen LogP contribution in [-0.2, 0) is 0 Å². The standard InChI is InChI=1S/C20H25N4O3P/c1-20(2,3)28(23-14-4-5-15-23,18-10-12-21-13-11-18)22-19(25)16-6-8-17(9-7-16)24(26)27/h6-13H,4-5,14-15H2,1-3H3/t28-/m0/s1. The first-order valence-corrected chi connectivity index (χ1v) is 11.0. The van der Waals surface area contributed by atoms with Gasteiger partial charge < -0.3 is 0 Å². The predicted octanol–water partition coefficient (Wildman–Crippen LogP) is 4.47. The van der Waals surface area contributed by atoms with Gasteiger partial charge in [-0.3, -0.25) is 24.6 Å². The number of aromatic nitrogens is 1. The van der Waals surface area contributed by atoms with Crippen LogP contribution in [-0.4, -0.2) is 38.7 Å². The van der Waals surface area contributed by atoms with Crippen molar-refractivity contribution in [3.05, 3.63) is 64.5 Å². The normalized spacial score (nSPS) is 17.1. The van der Waals surface area contributed by atoms with Crippen molar-refractivity contribution in [3.8, 4) is 0 Å². The number of rotatable bonds is 4. The van der Waals surface area contributed by atoms with Crippen LogP contribution >= 0.6 is 7.21 Å². The molecule has 2 aromatic rings. The van der Waals surface area contributed by atoms with Crippen molar-refractivity contribution >= 4 is 24.1 Å². The quantitative estimate of drug-likeness (QED) is 0.429. The summed E-state index contributed by atoms with van der Waals surface area (Å²) in [6, 6.07) is 9.59. The number of hydrogen-bond acceptors (Lipinski definition) is 4. The summed E-state index contributed by atoms with van der Waals surface area (Å²) in [5.74, 6) is -0.332. The van der Waals surface area contributed by atoms with Gasteiger partial charge in [0.1, 0.15) is 0 Å². The summed E-state index contributed by atoms with van der Waals surface area (Å²) in [4.78, 5) is 27.7. The lowest BCUT2D eigenvalue weighted by Crippen LogP contribution is -2.35. The van der Waals surface area contributed by atoms with Crippen LogP contribution in [0.1, 0.15) is 44.0 Å². The van der Waals surface area contributed by atoms with Gasteiger partial charge in [0.2, 0.25) is 0 Å². The van der Waals surface area contributed by atoms with Crippen LogP contribution in [0.25, 0.3) is 0 Å². The number of hydrogen-bond donors (Lipinski definition) is 0. The van der Waals surface area contributed by atoms with Crippen LogP contribution in [0, 0.1) is 10.1 Å². The first-order valence-electron chi connectivity index (χ1n) is 9.33. The van der Waals surface area contributed by atoms with E-state index in [9.17, 15) is 14.9 Å². The third-order valence-electron chi connectivity index (χ3n) is 5.01. The summed E-state index contributed by atoms with van der Waals surface area (Å²) in [6.45, 7) is 8.21. The number of benzene rings is 1. The van der Waals surface area contributed by atoms with Crippen molar-refractivity contribution in [3.63, 3.8) is 0 Å². The Hall–Kier alpha value is -2.37. The molecule has 2 heterocycles. The summed E-state index contributed by atoms with van der Waals surface area (Å²) in [7, 11) is -2.40. The molecule has 0 spiro atoms. The Balaban J connectivity index is 2.17. The van der Waals surface area contributed by atoms with Gasteiger partial charge in [-0.25, -0.2) is 4.74 Å². The van der Waals surface area contributed by atoms with Crippen LogP contribution in [0.4, 0.5) is 5.69 Å². The fourth-order valence-electron chi connectivity index (χ4n) is 3.70. The minimum atomic E-state index is -2.40. The summed E-state index contributed by atoms with van der Waals surface area (Å²) in [5.41, 5.74) is 0.328. The van der Waals surface area contributed by atoms with Gasteiger partial charge >= 0.3 is 0 Å². The molecular weight excluding hydrogens is 375 g/mol. The number of nitrogens with zero attached hydrogens (tertiary/aromatic N) is 4. The molecule has 28 heavy (non-hydrogen) atoms. The van der Waals surface area contributed by atoms with Gasteiger partial charge in [0.05, 0.1) is 12.1 Å². The Kier molecular flexibility index (Phi) is 5.77. The number of nitro groups is 1. The van der Waals surface area contributed by atoms with Crippen molar-refractivity contribution in [1.29, 1.82) is 0 Å². The van der Waals surface area contributed by atoms with Gasteiger partial charge in [-0.05, 0) is 37.1 Å². The van der Waals surface area contributed by atoms with E-state index in [-0.39, 0.29) is 16.8 Å². The fourth-order valence-corrected chi connectivity index (χ4v) is 7.98. The molecule has 1 fully saturated rings. The van der Waals surface area contributed by atoms with Crippen LogP contribution in [0.5, 0.6) is 0 Å². The Morgan fingerprint density at radius 3 is 2.18 bits per heavy atom.